The summed E-state index contributed by atoms with van der Waals surface area (Å²) in [4.78, 5) is 19.5. The van der Waals surface area contributed by atoms with Crippen molar-refractivity contribution in [2.24, 2.45) is 0 Å². The second-order valence-electron chi connectivity index (χ2n) is 3.73. The largest absolute Gasteiger partial charge is 2.00 e. The summed E-state index contributed by atoms with van der Waals surface area (Å²) in [6.45, 7) is 21.9. The van der Waals surface area contributed by atoms with Crippen molar-refractivity contribution in [3.05, 3.63) is 89.2 Å². The van der Waals surface area contributed by atoms with Gasteiger partial charge in [-0.3, -0.25) is 11.4 Å². The predicted octanol–water partition coefficient (Wildman–Crippen LogP) is 5.93. The summed E-state index contributed by atoms with van der Waals surface area (Å²) in [5.41, 5.74) is 0.620. The van der Waals surface area contributed by atoms with E-state index in [0.717, 1.165) is 0 Å². The van der Waals surface area contributed by atoms with Gasteiger partial charge in [0.25, 0.3) is 0 Å². The third kappa shape index (κ3) is 121. The Morgan fingerprint density at radius 1 is 0.960 bits per heavy atom. The van der Waals surface area contributed by atoms with Crippen molar-refractivity contribution in [1.29, 1.82) is 0 Å². The topological polar surface area (TPSA) is 34.1 Å². The molecule has 0 saturated carbocycles. The molecule has 0 heterocycles. The van der Waals surface area contributed by atoms with E-state index in [1.165, 1.54) is 20.8 Å². The first kappa shape index (κ1) is 49.7. The number of hydrogen-bond donors (Lipinski definition) is 0. The SMILES string of the molecule is C=C(C)C(C)=O.C=CC.CC(C)=O.[CH-]=C.[CH3-].[CH3-].[U+2].[V+2].[c-]1ccccc1. The number of allylic oxidation sites excluding steroid dienone is 2. The second kappa shape index (κ2) is 49.5. The van der Waals surface area contributed by atoms with Gasteiger partial charge in [-0.15, -0.1) is 6.58 Å². The van der Waals surface area contributed by atoms with E-state index in [1.54, 1.807) is 13.0 Å². The van der Waals surface area contributed by atoms with Crippen LogP contribution in [-0.2, 0) is 28.1 Å². The number of rotatable bonds is 1. The number of benzene rings is 1. The zero-order valence-electron chi connectivity index (χ0n) is 16.9. The van der Waals surface area contributed by atoms with Gasteiger partial charge in [-0.05, 0) is 40.2 Å². The Morgan fingerprint density at radius 2 is 1.16 bits per heavy atom. The van der Waals surface area contributed by atoms with Crippen LogP contribution in [0.25, 0.3) is 0 Å². The van der Waals surface area contributed by atoms with Gasteiger partial charge in [0.15, 0.2) is 5.78 Å². The van der Waals surface area contributed by atoms with Gasteiger partial charge in [0.05, 0.1) is 0 Å². The molecular formula is C21H34O2UV. The summed E-state index contributed by atoms with van der Waals surface area (Å²) in [6, 6.07) is 12.5. The molecule has 0 aliphatic carbocycles. The Kier molecular flexibility index (Phi) is 98.4. The molecule has 0 bridgehead atoms. The molecule has 0 aliphatic rings. The van der Waals surface area contributed by atoms with Gasteiger partial charge in [-0.25, -0.2) is 0 Å². The van der Waals surface area contributed by atoms with Crippen LogP contribution in [0.15, 0.2) is 61.7 Å². The van der Waals surface area contributed by atoms with Gasteiger partial charge in [-0.1, -0.05) is 12.7 Å². The fraction of sp³-hybridized carbons (Fsp3) is 0.238. The van der Waals surface area contributed by atoms with Gasteiger partial charge >= 0.3 is 49.7 Å². The first-order valence-corrected chi connectivity index (χ1v) is 6.32. The van der Waals surface area contributed by atoms with Crippen LogP contribution in [0.1, 0.15) is 34.6 Å². The predicted molar refractivity (Wildman–Crippen MR) is 106 cm³/mol. The Balaban J connectivity index is -0.0000000243. The summed E-state index contributed by atoms with van der Waals surface area (Å²) in [7, 11) is 0. The van der Waals surface area contributed by atoms with E-state index in [1.807, 2.05) is 37.3 Å². The van der Waals surface area contributed by atoms with E-state index in [9.17, 15) is 9.59 Å². The van der Waals surface area contributed by atoms with Crippen LogP contribution in [0.3, 0.4) is 0 Å². The van der Waals surface area contributed by atoms with E-state index < -0.39 is 0 Å². The fourth-order valence-electron chi connectivity index (χ4n) is 0.342. The molecule has 1 aromatic rings. The van der Waals surface area contributed by atoms with Crippen molar-refractivity contribution < 1.29 is 59.3 Å². The first-order valence-electron chi connectivity index (χ1n) is 6.32. The molecule has 25 heavy (non-hydrogen) atoms. The Bertz CT molecular complexity index is 334. The van der Waals surface area contributed by atoms with E-state index in [-0.39, 0.29) is 76.1 Å². The Labute approximate surface area is 193 Å². The maximum atomic E-state index is 10.0. The van der Waals surface area contributed by atoms with Gasteiger partial charge in [0.2, 0.25) is 0 Å². The maximum absolute atomic E-state index is 10.0. The van der Waals surface area contributed by atoms with Crippen molar-refractivity contribution in [1.82, 2.24) is 0 Å². The monoisotopic (exact) mass is 607 g/mol. The van der Waals surface area contributed by atoms with Gasteiger partial charge in [0, 0.05) is 0 Å². The normalized spacial score (nSPS) is 5.48. The number of Topliss-reactive ketones (excluding diaryl/α,β-unsaturated/α-hetero) is 2. The quantitative estimate of drug-likeness (QED) is 0.226. The molecule has 2 nitrogen and oxygen atoms in total. The molecule has 0 atom stereocenters. The first-order chi connectivity index (χ1) is 9.79. The van der Waals surface area contributed by atoms with Crippen LogP contribution in [0.2, 0.25) is 0 Å². The van der Waals surface area contributed by atoms with E-state index in [2.05, 4.69) is 32.4 Å². The van der Waals surface area contributed by atoms with Crippen LogP contribution in [0.4, 0.5) is 0 Å². The molecule has 0 saturated heterocycles. The van der Waals surface area contributed by atoms with Crippen molar-refractivity contribution in [2.75, 3.05) is 0 Å². The molecule has 1 radical (unpaired) electrons. The molecule has 139 valence electrons. The minimum atomic E-state index is 0. The minimum Gasteiger partial charge on any atom is -0.521 e. The molecule has 0 N–H and O–H groups in total. The van der Waals surface area contributed by atoms with Gasteiger partial charge < -0.3 is 26.2 Å². The summed E-state index contributed by atoms with van der Waals surface area (Å²) in [6.07, 6.45) is 1.75. The third-order valence-electron chi connectivity index (χ3n) is 1.21. The maximum Gasteiger partial charge on any atom is 2.00 e. The average Bonchev–Trinajstić information content (AvgIpc) is 2.44. The minimum absolute atomic E-state index is 0. The zero-order valence-corrected chi connectivity index (χ0v) is 22.5. The second-order valence-corrected chi connectivity index (χ2v) is 3.73. The van der Waals surface area contributed by atoms with Crippen molar-refractivity contribution in [3.63, 3.8) is 0 Å². The fourth-order valence-corrected chi connectivity index (χ4v) is 0.342. The summed E-state index contributed by atoms with van der Waals surface area (Å²) < 4.78 is 0. The summed E-state index contributed by atoms with van der Waals surface area (Å²) in [5, 5.41) is 0. The smallest absolute Gasteiger partial charge is 0.521 e. The molecular weight excluding hydrogens is 573 g/mol. The summed E-state index contributed by atoms with van der Waals surface area (Å²) in [5.74, 6) is 0.231. The zero-order chi connectivity index (χ0) is 17.7. The van der Waals surface area contributed by atoms with Crippen LogP contribution < -0.4 is 0 Å². The van der Waals surface area contributed by atoms with Crippen molar-refractivity contribution in [2.45, 2.75) is 34.6 Å². The Hall–Kier alpha value is -0.584. The molecule has 0 fully saturated rings. The van der Waals surface area contributed by atoms with Crippen LogP contribution in [-0.4, -0.2) is 11.6 Å². The average molecular weight is 607 g/mol. The van der Waals surface area contributed by atoms with Crippen LogP contribution in [0.5, 0.6) is 0 Å². The molecule has 1 aromatic carbocycles. The number of carbonyl (C=O) groups is 2. The number of ketones is 2. The number of carbonyl (C=O) groups excluding carboxylic acids is 2. The van der Waals surface area contributed by atoms with Gasteiger partial charge in [0.1, 0.15) is 5.78 Å². The molecule has 0 spiro atoms. The van der Waals surface area contributed by atoms with Crippen LogP contribution >= 0.6 is 0 Å². The molecule has 0 aromatic heterocycles. The van der Waals surface area contributed by atoms with E-state index in [4.69, 9.17) is 0 Å². The molecule has 4 heteroatoms. The van der Waals surface area contributed by atoms with Gasteiger partial charge in [-0.2, -0.15) is 36.4 Å². The van der Waals surface area contributed by atoms with Crippen molar-refractivity contribution in [3.8, 4) is 0 Å². The molecule has 0 unspecified atom stereocenters. The molecule has 0 amide bonds. The third-order valence-corrected chi connectivity index (χ3v) is 1.21. The Morgan fingerprint density at radius 3 is 1.20 bits per heavy atom. The molecule has 0 aliphatic heterocycles. The standard InChI is InChI=1S/C6H5.C5H8O.C3H6O.C3H6.C2H3.2CH3.U.V/c1-2-4-6-5-3-1;1-4(2)5(3)6;1-3(2)4;1-3-2;1-2;;;;/h1-5H;1H2,2-3H3;1-2H3;3H,1H2,2H3;1H,2H2;2*1H3;;/q-1;;;;3*-1;2*+2. The summed E-state index contributed by atoms with van der Waals surface area (Å²) >= 11 is 0. The van der Waals surface area contributed by atoms with Crippen LogP contribution in [0, 0.1) is 58.6 Å². The number of hydrogen-bond acceptors (Lipinski definition) is 2. The van der Waals surface area contributed by atoms with E-state index in [0.29, 0.717) is 5.57 Å². The van der Waals surface area contributed by atoms with Crippen molar-refractivity contribution >= 4 is 11.6 Å². The van der Waals surface area contributed by atoms with E-state index >= 15 is 0 Å². The molecule has 1 rings (SSSR count).